The largest absolute Gasteiger partial charge is 0.329 e. The minimum atomic E-state index is -0.440. The maximum atomic E-state index is 13.2. The molecule has 2 aromatic rings. The minimum Gasteiger partial charge on any atom is -0.329 e. The molecule has 0 fully saturated rings. The highest BCUT2D eigenvalue weighted by molar-refractivity contribution is 5.76. The first-order chi connectivity index (χ1) is 8.01. The quantitative estimate of drug-likeness (QED) is 0.888. The Labute approximate surface area is 100 Å². The van der Waals surface area contributed by atoms with E-state index in [1.165, 1.54) is 12.1 Å². The van der Waals surface area contributed by atoms with Crippen LogP contribution < -0.4 is 5.73 Å². The van der Waals surface area contributed by atoms with Crippen molar-refractivity contribution >= 4 is 11.0 Å². The molecule has 0 aliphatic carbocycles. The lowest BCUT2D eigenvalue weighted by molar-refractivity contribution is 0.378. The van der Waals surface area contributed by atoms with E-state index in [4.69, 9.17) is 5.73 Å². The zero-order chi connectivity index (χ0) is 12.6. The number of aromatic nitrogens is 2. The normalized spacial score (nSPS) is 12.3. The van der Waals surface area contributed by atoms with Crippen LogP contribution in [0.4, 0.5) is 4.39 Å². The fourth-order valence-electron chi connectivity index (χ4n) is 2.17. The van der Waals surface area contributed by atoms with Crippen molar-refractivity contribution < 1.29 is 4.39 Å². The van der Waals surface area contributed by atoms with E-state index in [0.717, 1.165) is 29.7 Å². The second kappa shape index (κ2) is 4.11. The topological polar surface area (TPSA) is 43.8 Å². The van der Waals surface area contributed by atoms with Gasteiger partial charge in [0.25, 0.3) is 0 Å². The van der Waals surface area contributed by atoms with Gasteiger partial charge in [0, 0.05) is 7.05 Å². The van der Waals surface area contributed by atoms with E-state index in [1.807, 2.05) is 25.5 Å². The van der Waals surface area contributed by atoms with Gasteiger partial charge in [-0.1, -0.05) is 13.8 Å². The van der Waals surface area contributed by atoms with Crippen molar-refractivity contribution in [2.75, 3.05) is 0 Å². The molecule has 0 bridgehead atoms. The molecule has 2 rings (SSSR count). The smallest absolute Gasteiger partial charge is 0.129 e. The molecule has 0 unspecified atom stereocenters. The van der Waals surface area contributed by atoms with E-state index >= 15 is 0 Å². The standard InChI is InChI=1S/C13H18FN3/c1-4-13(15,5-2)12-16-10-7-6-9(14)8-11(10)17(12)3/h6-8H,4-5,15H2,1-3H3. The van der Waals surface area contributed by atoms with Gasteiger partial charge in [0.05, 0.1) is 16.6 Å². The van der Waals surface area contributed by atoms with Gasteiger partial charge in [-0.25, -0.2) is 9.37 Å². The molecule has 2 N–H and O–H groups in total. The van der Waals surface area contributed by atoms with Gasteiger partial charge in [0.15, 0.2) is 0 Å². The molecule has 0 radical (unpaired) electrons. The Balaban J connectivity index is 2.67. The Morgan fingerprint density at radius 2 is 2.00 bits per heavy atom. The summed E-state index contributed by atoms with van der Waals surface area (Å²) in [6.07, 6.45) is 1.62. The highest BCUT2D eigenvalue weighted by Gasteiger charge is 2.28. The average Bonchev–Trinajstić information content (AvgIpc) is 2.66. The third kappa shape index (κ3) is 1.82. The van der Waals surface area contributed by atoms with Gasteiger partial charge in [0.2, 0.25) is 0 Å². The fraction of sp³-hybridized carbons (Fsp3) is 0.462. The lowest BCUT2D eigenvalue weighted by Gasteiger charge is -2.25. The van der Waals surface area contributed by atoms with Crippen LogP contribution in [0.5, 0.6) is 0 Å². The van der Waals surface area contributed by atoms with Crippen molar-refractivity contribution in [2.45, 2.75) is 32.2 Å². The zero-order valence-electron chi connectivity index (χ0n) is 10.5. The summed E-state index contributed by atoms with van der Waals surface area (Å²) in [6, 6.07) is 4.62. The predicted molar refractivity (Wildman–Crippen MR) is 67.1 cm³/mol. The molecule has 0 saturated heterocycles. The van der Waals surface area contributed by atoms with Crippen LogP contribution in [0.1, 0.15) is 32.5 Å². The average molecular weight is 235 g/mol. The monoisotopic (exact) mass is 235 g/mol. The number of imidazole rings is 1. The van der Waals surface area contributed by atoms with Crippen LogP contribution in [0, 0.1) is 5.82 Å². The Bertz CT molecular complexity index is 541. The summed E-state index contributed by atoms with van der Waals surface area (Å²) in [5, 5.41) is 0. The molecule has 1 heterocycles. The van der Waals surface area contributed by atoms with Gasteiger partial charge in [-0.3, -0.25) is 0 Å². The predicted octanol–water partition coefficient (Wildman–Crippen LogP) is 2.69. The van der Waals surface area contributed by atoms with Gasteiger partial charge in [-0.05, 0) is 31.0 Å². The Hall–Kier alpha value is -1.42. The highest BCUT2D eigenvalue weighted by Crippen LogP contribution is 2.27. The summed E-state index contributed by atoms with van der Waals surface area (Å²) in [5.41, 5.74) is 7.48. The second-order valence-electron chi connectivity index (χ2n) is 4.49. The van der Waals surface area contributed by atoms with Gasteiger partial charge in [0.1, 0.15) is 11.6 Å². The molecule has 1 aromatic carbocycles. The van der Waals surface area contributed by atoms with Crippen LogP contribution in [0.2, 0.25) is 0 Å². The summed E-state index contributed by atoms with van der Waals surface area (Å²) in [4.78, 5) is 4.54. The van der Waals surface area contributed by atoms with Crippen LogP contribution in [0.15, 0.2) is 18.2 Å². The number of nitrogens with zero attached hydrogens (tertiary/aromatic N) is 2. The number of hydrogen-bond acceptors (Lipinski definition) is 2. The van der Waals surface area contributed by atoms with E-state index in [0.29, 0.717) is 0 Å². The van der Waals surface area contributed by atoms with Crippen molar-refractivity contribution in [3.8, 4) is 0 Å². The van der Waals surface area contributed by atoms with Crippen LogP contribution in [-0.4, -0.2) is 9.55 Å². The zero-order valence-corrected chi connectivity index (χ0v) is 10.5. The van der Waals surface area contributed by atoms with Crippen molar-refractivity contribution in [1.29, 1.82) is 0 Å². The van der Waals surface area contributed by atoms with E-state index in [-0.39, 0.29) is 5.82 Å². The minimum absolute atomic E-state index is 0.248. The number of hydrogen-bond donors (Lipinski definition) is 1. The van der Waals surface area contributed by atoms with Gasteiger partial charge in [-0.15, -0.1) is 0 Å². The maximum absolute atomic E-state index is 13.2. The van der Waals surface area contributed by atoms with E-state index in [2.05, 4.69) is 4.98 Å². The Morgan fingerprint density at radius 3 is 2.59 bits per heavy atom. The molecule has 17 heavy (non-hydrogen) atoms. The molecular weight excluding hydrogens is 217 g/mol. The van der Waals surface area contributed by atoms with Crippen molar-refractivity contribution in [2.24, 2.45) is 12.8 Å². The van der Waals surface area contributed by atoms with E-state index < -0.39 is 5.54 Å². The van der Waals surface area contributed by atoms with Gasteiger partial charge >= 0.3 is 0 Å². The number of benzene rings is 1. The Morgan fingerprint density at radius 1 is 1.35 bits per heavy atom. The van der Waals surface area contributed by atoms with E-state index in [1.54, 1.807) is 6.07 Å². The molecule has 0 saturated carbocycles. The first-order valence-electron chi connectivity index (χ1n) is 5.93. The van der Waals surface area contributed by atoms with E-state index in [9.17, 15) is 4.39 Å². The first kappa shape index (κ1) is 12.0. The maximum Gasteiger partial charge on any atom is 0.129 e. The molecule has 0 amide bonds. The molecule has 0 aliphatic rings. The van der Waals surface area contributed by atoms with Gasteiger partial charge in [-0.2, -0.15) is 0 Å². The number of aryl methyl sites for hydroxylation is 1. The molecule has 0 atom stereocenters. The van der Waals surface area contributed by atoms with Crippen molar-refractivity contribution in [3.05, 3.63) is 29.8 Å². The SMILES string of the molecule is CCC(N)(CC)c1nc2ccc(F)cc2n1C. The highest BCUT2D eigenvalue weighted by atomic mass is 19.1. The third-order valence-corrected chi connectivity index (χ3v) is 3.55. The summed E-state index contributed by atoms with van der Waals surface area (Å²) < 4.78 is 15.1. The third-order valence-electron chi connectivity index (χ3n) is 3.55. The molecule has 4 heteroatoms. The molecule has 0 spiro atoms. The van der Waals surface area contributed by atoms with Crippen LogP contribution in [0.3, 0.4) is 0 Å². The van der Waals surface area contributed by atoms with Crippen LogP contribution in [-0.2, 0) is 12.6 Å². The molecule has 3 nitrogen and oxygen atoms in total. The lowest BCUT2D eigenvalue weighted by atomic mass is 9.93. The van der Waals surface area contributed by atoms with Crippen LogP contribution >= 0.6 is 0 Å². The molecule has 92 valence electrons. The molecule has 1 aromatic heterocycles. The number of fused-ring (bicyclic) bond motifs is 1. The first-order valence-corrected chi connectivity index (χ1v) is 5.93. The number of nitrogens with two attached hydrogens (primary N) is 1. The number of halogens is 1. The lowest BCUT2D eigenvalue weighted by Crippen LogP contribution is -2.37. The van der Waals surface area contributed by atoms with Gasteiger partial charge < -0.3 is 10.3 Å². The fourth-order valence-corrected chi connectivity index (χ4v) is 2.17. The second-order valence-corrected chi connectivity index (χ2v) is 4.49. The molecule has 0 aliphatic heterocycles. The Kier molecular flexibility index (Phi) is 2.91. The van der Waals surface area contributed by atoms with Crippen molar-refractivity contribution in [1.82, 2.24) is 9.55 Å². The molecular formula is C13H18FN3. The number of rotatable bonds is 3. The summed E-state index contributed by atoms with van der Waals surface area (Å²) in [6.45, 7) is 4.09. The summed E-state index contributed by atoms with van der Waals surface area (Å²) >= 11 is 0. The van der Waals surface area contributed by atoms with Crippen molar-refractivity contribution in [3.63, 3.8) is 0 Å². The summed E-state index contributed by atoms with van der Waals surface area (Å²) in [7, 11) is 1.89. The van der Waals surface area contributed by atoms with Crippen LogP contribution in [0.25, 0.3) is 11.0 Å². The summed E-state index contributed by atoms with van der Waals surface area (Å²) in [5.74, 6) is 0.575.